The highest BCUT2D eigenvalue weighted by Crippen LogP contribution is 2.43. The van der Waals surface area contributed by atoms with E-state index in [2.05, 4.69) is 10.1 Å². The Morgan fingerprint density at radius 3 is 2.61 bits per heavy atom. The van der Waals surface area contributed by atoms with Crippen molar-refractivity contribution in [2.45, 2.75) is 50.8 Å². The lowest BCUT2D eigenvalue weighted by Gasteiger charge is -2.32. The van der Waals surface area contributed by atoms with Crippen LogP contribution in [0.15, 0.2) is 6.07 Å². The SMILES string of the molecule is COC(=O)N1CCO[C@@H](c2cc(C)nc3c(F)c([C@H]4CC[C@H](C(F)(F)F)CC4)nn23)C1. The number of aromatic nitrogens is 3. The molecule has 2 fully saturated rings. The maximum Gasteiger partial charge on any atom is 0.409 e. The molecular weight excluding hydrogens is 420 g/mol. The molecule has 4 rings (SSSR count). The average molecular weight is 444 g/mol. The van der Waals surface area contributed by atoms with Crippen LogP contribution in [0, 0.1) is 18.7 Å². The number of halogens is 4. The fourth-order valence-electron chi connectivity index (χ4n) is 4.46. The zero-order chi connectivity index (χ0) is 22.3. The molecular formula is C20H24F4N4O3. The number of rotatable bonds is 2. The Balaban J connectivity index is 1.64. The third-order valence-electron chi connectivity index (χ3n) is 6.12. The van der Waals surface area contributed by atoms with E-state index >= 15 is 4.39 Å². The van der Waals surface area contributed by atoms with Crippen LogP contribution in [0.5, 0.6) is 0 Å². The first-order chi connectivity index (χ1) is 14.7. The van der Waals surface area contributed by atoms with E-state index in [1.165, 1.54) is 16.5 Å². The highest BCUT2D eigenvalue weighted by Gasteiger charge is 2.42. The highest BCUT2D eigenvalue weighted by atomic mass is 19.4. The van der Waals surface area contributed by atoms with E-state index in [-0.39, 0.29) is 50.2 Å². The number of morpholine rings is 1. The van der Waals surface area contributed by atoms with Crippen LogP contribution in [-0.2, 0) is 9.47 Å². The number of ether oxygens (including phenoxy) is 2. The lowest BCUT2D eigenvalue weighted by Crippen LogP contribution is -2.42. The van der Waals surface area contributed by atoms with E-state index in [0.717, 1.165) is 0 Å². The zero-order valence-corrected chi connectivity index (χ0v) is 17.3. The van der Waals surface area contributed by atoms with Gasteiger partial charge in [-0.2, -0.15) is 18.3 Å². The summed E-state index contributed by atoms with van der Waals surface area (Å²) in [7, 11) is 1.30. The Labute approximate surface area is 176 Å². The number of fused-ring (bicyclic) bond motifs is 1. The third-order valence-corrected chi connectivity index (χ3v) is 6.12. The molecule has 1 amide bonds. The smallest absolute Gasteiger partial charge is 0.409 e. The van der Waals surface area contributed by atoms with E-state index in [9.17, 15) is 18.0 Å². The van der Waals surface area contributed by atoms with Crippen molar-refractivity contribution in [2.24, 2.45) is 5.92 Å². The molecule has 2 aromatic rings. The predicted molar refractivity (Wildman–Crippen MR) is 101 cm³/mol. The first kappa shape index (κ1) is 21.8. The molecule has 0 spiro atoms. The van der Waals surface area contributed by atoms with E-state index in [1.807, 2.05) is 0 Å². The number of amides is 1. The van der Waals surface area contributed by atoms with Crippen molar-refractivity contribution < 1.29 is 31.8 Å². The molecule has 1 aliphatic carbocycles. The summed E-state index contributed by atoms with van der Waals surface area (Å²) in [6.07, 6.45) is -4.92. The second-order valence-electron chi connectivity index (χ2n) is 8.12. The molecule has 2 aliphatic rings. The van der Waals surface area contributed by atoms with Gasteiger partial charge in [-0.25, -0.2) is 18.7 Å². The van der Waals surface area contributed by atoms with Crippen molar-refractivity contribution in [3.63, 3.8) is 0 Å². The lowest BCUT2D eigenvalue weighted by atomic mass is 9.80. The summed E-state index contributed by atoms with van der Waals surface area (Å²) >= 11 is 0. The van der Waals surface area contributed by atoms with Gasteiger partial charge in [-0.1, -0.05) is 0 Å². The Kier molecular flexibility index (Phi) is 5.80. The molecule has 2 aromatic heterocycles. The molecule has 7 nitrogen and oxygen atoms in total. The van der Waals surface area contributed by atoms with Crippen molar-refractivity contribution in [1.82, 2.24) is 19.5 Å². The second-order valence-corrected chi connectivity index (χ2v) is 8.12. The number of alkyl halides is 3. The second kappa shape index (κ2) is 8.25. The van der Waals surface area contributed by atoms with Crippen molar-refractivity contribution in [1.29, 1.82) is 0 Å². The van der Waals surface area contributed by atoms with Crippen LogP contribution in [0.2, 0.25) is 0 Å². The summed E-state index contributed by atoms with van der Waals surface area (Å²) in [5, 5.41) is 4.41. The van der Waals surface area contributed by atoms with Gasteiger partial charge in [0.05, 0.1) is 31.9 Å². The van der Waals surface area contributed by atoms with E-state index < -0.39 is 36.0 Å². The van der Waals surface area contributed by atoms with Crippen molar-refractivity contribution >= 4 is 11.7 Å². The first-order valence-corrected chi connectivity index (χ1v) is 10.3. The molecule has 0 aromatic carbocycles. The fraction of sp³-hybridized carbons (Fsp3) is 0.650. The highest BCUT2D eigenvalue weighted by molar-refractivity contribution is 5.67. The predicted octanol–water partition coefficient (Wildman–Crippen LogP) is 4.15. The van der Waals surface area contributed by atoms with E-state index in [1.54, 1.807) is 13.0 Å². The summed E-state index contributed by atoms with van der Waals surface area (Å²) in [5.41, 5.74) is 1.24. The van der Waals surface area contributed by atoms with E-state index in [0.29, 0.717) is 17.9 Å². The van der Waals surface area contributed by atoms with Gasteiger partial charge < -0.3 is 14.4 Å². The summed E-state index contributed by atoms with van der Waals surface area (Å²) in [6, 6.07) is 1.72. The molecule has 0 bridgehead atoms. The average Bonchev–Trinajstić information content (AvgIpc) is 3.08. The Hall–Kier alpha value is -2.43. The molecule has 170 valence electrons. The van der Waals surface area contributed by atoms with Crippen LogP contribution in [0.1, 0.15) is 54.8 Å². The number of hydrogen-bond acceptors (Lipinski definition) is 5. The maximum absolute atomic E-state index is 15.2. The van der Waals surface area contributed by atoms with Gasteiger partial charge in [0.25, 0.3) is 0 Å². The number of hydrogen-bond donors (Lipinski definition) is 0. The van der Waals surface area contributed by atoms with Gasteiger partial charge in [0, 0.05) is 18.2 Å². The van der Waals surface area contributed by atoms with Gasteiger partial charge >= 0.3 is 12.3 Å². The monoisotopic (exact) mass is 444 g/mol. The zero-order valence-electron chi connectivity index (χ0n) is 17.3. The molecule has 3 heterocycles. The maximum atomic E-state index is 15.2. The van der Waals surface area contributed by atoms with Crippen LogP contribution in [0.4, 0.5) is 22.4 Å². The van der Waals surface area contributed by atoms with E-state index in [4.69, 9.17) is 9.47 Å². The summed E-state index contributed by atoms with van der Waals surface area (Å²) in [5.74, 6) is -2.35. The fourth-order valence-corrected chi connectivity index (χ4v) is 4.46. The Morgan fingerprint density at radius 1 is 1.26 bits per heavy atom. The van der Waals surface area contributed by atoms with Gasteiger partial charge in [0.15, 0.2) is 11.5 Å². The van der Waals surface area contributed by atoms with Gasteiger partial charge in [-0.3, -0.25) is 0 Å². The van der Waals surface area contributed by atoms with Gasteiger partial charge in [0.2, 0.25) is 0 Å². The molecule has 1 aliphatic heterocycles. The van der Waals surface area contributed by atoms with Crippen molar-refractivity contribution in [3.8, 4) is 0 Å². The molecule has 0 radical (unpaired) electrons. The number of carbonyl (C=O) groups is 1. The molecule has 1 saturated carbocycles. The molecule has 0 unspecified atom stereocenters. The van der Waals surface area contributed by atoms with Crippen LogP contribution < -0.4 is 0 Å². The van der Waals surface area contributed by atoms with Crippen LogP contribution in [0.25, 0.3) is 5.65 Å². The Bertz CT molecular complexity index is 969. The van der Waals surface area contributed by atoms with Gasteiger partial charge in [0.1, 0.15) is 11.8 Å². The molecule has 0 N–H and O–H groups in total. The minimum Gasteiger partial charge on any atom is -0.453 e. The lowest BCUT2D eigenvalue weighted by molar-refractivity contribution is -0.182. The number of carbonyl (C=O) groups excluding carboxylic acids is 1. The van der Waals surface area contributed by atoms with Crippen molar-refractivity contribution in [2.75, 3.05) is 26.8 Å². The summed E-state index contributed by atoms with van der Waals surface area (Å²) < 4.78 is 66.1. The van der Waals surface area contributed by atoms with Crippen LogP contribution in [-0.4, -0.2) is 58.6 Å². The van der Waals surface area contributed by atoms with Gasteiger partial charge in [-0.05, 0) is 38.7 Å². The standard InChI is InChI=1S/C20H24F4N4O3/c1-11-9-14(15-10-27(7-8-31-15)19(29)30-2)28-18(25-11)16(21)17(26-28)12-3-5-13(6-4-12)20(22,23)24/h9,12-13,15H,3-8,10H2,1-2H3/t12-,13-,15-/m1/s1. The molecule has 1 atom stereocenters. The number of methoxy groups -OCH3 is 1. The third kappa shape index (κ3) is 4.19. The van der Waals surface area contributed by atoms with Crippen molar-refractivity contribution in [3.05, 3.63) is 29.0 Å². The normalized spacial score (nSPS) is 25.1. The quantitative estimate of drug-likeness (QED) is 0.651. The number of nitrogens with zero attached hydrogens (tertiary/aromatic N) is 4. The molecule has 11 heteroatoms. The molecule has 1 saturated heterocycles. The Morgan fingerprint density at radius 2 is 1.97 bits per heavy atom. The summed E-state index contributed by atoms with van der Waals surface area (Å²) in [4.78, 5) is 17.7. The first-order valence-electron chi connectivity index (χ1n) is 10.3. The molecule has 31 heavy (non-hydrogen) atoms. The minimum absolute atomic E-state index is 0.0155. The topological polar surface area (TPSA) is 69.0 Å². The number of aryl methyl sites for hydroxylation is 1. The largest absolute Gasteiger partial charge is 0.453 e. The summed E-state index contributed by atoms with van der Waals surface area (Å²) in [6.45, 7) is 2.57. The van der Waals surface area contributed by atoms with Crippen LogP contribution in [0.3, 0.4) is 0 Å². The minimum atomic E-state index is -4.22. The van der Waals surface area contributed by atoms with Crippen LogP contribution >= 0.6 is 0 Å². The van der Waals surface area contributed by atoms with Gasteiger partial charge in [-0.15, -0.1) is 0 Å².